The molecule has 0 unspecified atom stereocenters. The lowest BCUT2D eigenvalue weighted by Gasteiger charge is -2.11. The molecule has 0 amide bonds. The molecule has 1 aromatic heterocycles. The number of aromatic nitrogens is 1. The van der Waals surface area contributed by atoms with Crippen LogP contribution in [0.2, 0.25) is 0 Å². The van der Waals surface area contributed by atoms with Crippen molar-refractivity contribution in [2.75, 3.05) is 6.61 Å². The lowest BCUT2D eigenvalue weighted by Crippen LogP contribution is -2.13. The summed E-state index contributed by atoms with van der Waals surface area (Å²) in [5.41, 5.74) is 9.76. The van der Waals surface area contributed by atoms with Crippen molar-refractivity contribution in [1.29, 1.82) is 5.41 Å². The van der Waals surface area contributed by atoms with Crippen molar-refractivity contribution in [2.45, 2.75) is 18.2 Å². The zero-order chi connectivity index (χ0) is 26.7. The van der Waals surface area contributed by atoms with Gasteiger partial charge in [0.2, 0.25) is 10.0 Å². The van der Waals surface area contributed by atoms with E-state index < -0.39 is 16.0 Å². The monoisotopic (exact) mass is 518 g/mol. The highest BCUT2D eigenvalue weighted by atomic mass is 32.2. The molecule has 0 aliphatic rings. The molecule has 0 spiro atoms. The number of amidine groups is 1. The van der Waals surface area contributed by atoms with Crippen molar-refractivity contribution in [3.63, 3.8) is 0 Å². The molecule has 4 aromatic rings. The Bertz CT molecular complexity index is 1590. The van der Waals surface area contributed by atoms with Crippen LogP contribution in [-0.2, 0) is 21.2 Å². The summed E-state index contributed by atoms with van der Waals surface area (Å²) in [6, 6.07) is 18.1. The molecule has 0 fully saturated rings. The molecule has 7 N–H and O–H groups in total. The first-order chi connectivity index (χ1) is 17.6. The zero-order valence-corrected chi connectivity index (χ0v) is 20.8. The Morgan fingerprint density at radius 1 is 1.03 bits per heavy atom. The predicted octanol–water partition coefficient (Wildman–Crippen LogP) is 3.75. The fourth-order valence-electron chi connectivity index (χ4n) is 4.14. The Morgan fingerprint density at radius 3 is 2.30 bits per heavy atom. The quantitative estimate of drug-likeness (QED) is 0.135. The first-order valence-corrected chi connectivity index (χ1v) is 12.9. The second-order valence-corrected chi connectivity index (χ2v) is 9.86. The summed E-state index contributed by atoms with van der Waals surface area (Å²) in [5.74, 6) is -0.656. The Hall–Kier alpha value is -4.41. The van der Waals surface area contributed by atoms with E-state index in [9.17, 15) is 18.3 Å². The molecule has 1 heterocycles. The Labute approximate surface area is 214 Å². The summed E-state index contributed by atoms with van der Waals surface area (Å²) in [6.07, 6.45) is 1.85. The van der Waals surface area contributed by atoms with Crippen LogP contribution in [0, 0.1) is 5.41 Å². The topological polar surface area (TPSA) is 172 Å². The van der Waals surface area contributed by atoms with Gasteiger partial charge in [-0.15, -0.1) is 0 Å². The number of esters is 1. The number of nitrogens with two attached hydrogens (primary N) is 2. The van der Waals surface area contributed by atoms with Gasteiger partial charge in [0.15, 0.2) is 0 Å². The Morgan fingerprint density at radius 2 is 1.68 bits per heavy atom. The molecule has 0 aliphatic heterocycles. The number of H-pyrrole nitrogens is 1. The van der Waals surface area contributed by atoms with Crippen molar-refractivity contribution >= 4 is 21.8 Å². The number of ether oxygens (including phenoxy) is 1. The number of primary sulfonamides is 1. The highest BCUT2D eigenvalue weighted by molar-refractivity contribution is 7.89. The van der Waals surface area contributed by atoms with Gasteiger partial charge in [-0.05, 0) is 42.3 Å². The van der Waals surface area contributed by atoms with E-state index in [2.05, 4.69) is 4.98 Å². The standard InChI is InChI=1S/C27H26N4O5S/c1-2-36-27(33)25-21(15-31-22(25)14-19-13-18(26(28)29)11-12-23(19)32)17-9-7-16(8-10-17)20-5-3-4-6-24(20)37(30,34)35/h3-13,15,31-32H,2,14H2,1H3,(H3,28,29)(H2,30,34,35). The van der Waals surface area contributed by atoms with Crippen molar-refractivity contribution in [3.05, 3.63) is 95.3 Å². The number of phenols is 1. The molecule has 0 saturated heterocycles. The minimum Gasteiger partial charge on any atom is -0.508 e. The summed E-state index contributed by atoms with van der Waals surface area (Å²) in [6.45, 7) is 1.89. The highest BCUT2D eigenvalue weighted by Crippen LogP contribution is 2.33. The van der Waals surface area contributed by atoms with E-state index >= 15 is 0 Å². The van der Waals surface area contributed by atoms with Crippen LogP contribution < -0.4 is 10.9 Å². The average Bonchev–Trinajstić information content (AvgIpc) is 3.28. The maximum atomic E-state index is 13.0. The number of rotatable bonds is 8. The number of nitrogen functional groups attached to an aromatic ring is 1. The number of carbonyl (C=O) groups is 1. The van der Waals surface area contributed by atoms with Gasteiger partial charge in [0, 0.05) is 40.6 Å². The third-order valence-electron chi connectivity index (χ3n) is 5.90. The van der Waals surface area contributed by atoms with Crippen LogP contribution in [0.3, 0.4) is 0 Å². The number of hydrogen-bond acceptors (Lipinski definition) is 6. The zero-order valence-electron chi connectivity index (χ0n) is 20.0. The van der Waals surface area contributed by atoms with Crippen molar-refractivity contribution < 1.29 is 23.1 Å². The SMILES string of the molecule is CCOC(=O)c1c(-c2ccc(-c3ccccc3S(N)(=O)=O)cc2)c[nH]c1Cc1cc(C(=N)N)ccc1O. The minimum atomic E-state index is -3.91. The van der Waals surface area contributed by atoms with Crippen LogP contribution in [0.5, 0.6) is 5.75 Å². The lowest BCUT2D eigenvalue weighted by molar-refractivity contribution is 0.0526. The third-order valence-corrected chi connectivity index (χ3v) is 6.87. The van der Waals surface area contributed by atoms with Crippen LogP contribution >= 0.6 is 0 Å². The van der Waals surface area contributed by atoms with Gasteiger partial charge >= 0.3 is 5.97 Å². The molecule has 0 atom stereocenters. The molecule has 3 aromatic carbocycles. The van der Waals surface area contributed by atoms with Gasteiger partial charge in [0.05, 0.1) is 17.1 Å². The number of benzene rings is 3. The Balaban J connectivity index is 1.75. The minimum absolute atomic E-state index is 0.00818. The largest absolute Gasteiger partial charge is 0.508 e. The summed E-state index contributed by atoms with van der Waals surface area (Å²) < 4.78 is 29.3. The molecule has 10 heteroatoms. The first-order valence-electron chi connectivity index (χ1n) is 11.4. The van der Waals surface area contributed by atoms with Crippen molar-refractivity contribution in [3.8, 4) is 28.0 Å². The van der Waals surface area contributed by atoms with Crippen LogP contribution in [0.4, 0.5) is 0 Å². The molecule has 9 nitrogen and oxygen atoms in total. The number of phenolic OH excluding ortho intramolecular Hbond substituents is 1. The van der Waals surface area contributed by atoms with E-state index in [-0.39, 0.29) is 29.5 Å². The Kier molecular flexibility index (Phi) is 7.14. The van der Waals surface area contributed by atoms with Gasteiger partial charge in [-0.2, -0.15) is 0 Å². The van der Waals surface area contributed by atoms with Gasteiger partial charge in [0.1, 0.15) is 11.6 Å². The van der Waals surface area contributed by atoms with E-state index in [4.69, 9.17) is 21.0 Å². The van der Waals surface area contributed by atoms with Crippen molar-refractivity contribution in [2.24, 2.45) is 10.9 Å². The van der Waals surface area contributed by atoms with Gasteiger partial charge in [0.25, 0.3) is 0 Å². The summed E-state index contributed by atoms with van der Waals surface area (Å²) >= 11 is 0. The lowest BCUT2D eigenvalue weighted by atomic mass is 9.97. The number of hydrogen-bond donors (Lipinski definition) is 5. The van der Waals surface area contributed by atoms with E-state index in [1.165, 1.54) is 12.1 Å². The second-order valence-electron chi connectivity index (χ2n) is 8.33. The summed E-state index contributed by atoms with van der Waals surface area (Å²) in [7, 11) is -3.91. The number of sulfonamides is 1. The number of nitrogens with one attached hydrogen (secondary N) is 2. The molecule has 0 aliphatic carbocycles. The van der Waals surface area contributed by atoms with Crippen LogP contribution in [-0.4, -0.2) is 36.9 Å². The summed E-state index contributed by atoms with van der Waals surface area (Å²) in [4.78, 5) is 16.1. The molecular formula is C27H26N4O5S. The second kappa shape index (κ2) is 10.3. The van der Waals surface area contributed by atoms with Gasteiger partial charge in [-0.3, -0.25) is 5.41 Å². The molecule has 0 bridgehead atoms. The van der Waals surface area contributed by atoms with Crippen LogP contribution in [0.25, 0.3) is 22.3 Å². The number of carbonyl (C=O) groups excluding carboxylic acids is 1. The molecule has 37 heavy (non-hydrogen) atoms. The number of aromatic hydroxyl groups is 1. The van der Waals surface area contributed by atoms with E-state index in [1.807, 2.05) is 0 Å². The molecule has 0 saturated carbocycles. The molecule has 0 radical (unpaired) electrons. The maximum absolute atomic E-state index is 13.0. The van der Waals surface area contributed by atoms with Gasteiger partial charge in [-0.25, -0.2) is 18.4 Å². The average molecular weight is 519 g/mol. The normalized spacial score (nSPS) is 11.3. The molecular weight excluding hydrogens is 492 g/mol. The fraction of sp³-hybridized carbons (Fsp3) is 0.111. The molecule has 4 rings (SSSR count). The van der Waals surface area contributed by atoms with E-state index in [0.717, 1.165) is 0 Å². The molecule has 190 valence electrons. The van der Waals surface area contributed by atoms with Gasteiger partial charge < -0.3 is 20.6 Å². The maximum Gasteiger partial charge on any atom is 0.340 e. The predicted molar refractivity (Wildman–Crippen MR) is 141 cm³/mol. The van der Waals surface area contributed by atoms with Crippen molar-refractivity contribution in [1.82, 2.24) is 4.98 Å². The first kappa shape index (κ1) is 25.7. The van der Waals surface area contributed by atoms with Crippen LogP contribution in [0.1, 0.15) is 34.1 Å². The highest BCUT2D eigenvalue weighted by Gasteiger charge is 2.22. The summed E-state index contributed by atoms with van der Waals surface area (Å²) in [5, 5.41) is 23.4. The smallest absolute Gasteiger partial charge is 0.340 e. The van der Waals surface area contributed by atoms with Gasteiger partial charge in [-0.1, -0.05) is 42.5 Å². The van der Waals surface area contributed by atoms with E-state index in [0.29, 0.717) is 44.6 Å². The fourth-order valence-corrected chi connectivity index (χ4v) is 4.90. The third kappa shape index (κ3) is 5.40. The van der Waals surface area contributed by atoms with Crippen LogP contribution in [0.15, 0.2) is 77.8 Å². The van der Waals surface area contributed by atoms with E-state index in [1.54, 1.807) is 67.7 Å². The number of aromatic amines is 1.